The average Bonchev–Trinajstić information content (AvgIpc) is 3.05. The highest BCUT2D eigenvalue weighted by Gasteiger charge is 2.30. The Bertz CT molecular complexity index is 719. The van der Waals surface area contributed by atoms with Crippen LogP contribution in [0.3, 0.4) is 0 Å². The highest BCUT2D eigenvalue weighted by atomic mass is 16.2. The molecule has 1 aromatic carbocycles. The summed E-state index contributed by atoms with van der Waals surface area (Å²) in [5.74, 6) is 0.0155. The highest BCUT2D eigenvalue weighted by Crippen LogP contribution is 2.16. The Labute approximate surface area is 141 Å². The van der Waals surface area contributed by atoms with Gasteiger partial charge in [-0.3, -0.25) is 14.7 Å². The number of nitrogens with one attached hydrogen (secondary N) is 2. The van der Waals surface area contributed by atoms with Crippen LogP contribution in [0.2, 0.25) is 0 Å². The SMILES string of the molecule is Cc1n[nH]c(C)c1CC(=O)NC1CC(=O)N(Cc2ccccc2)C1. The van der Waals surface area contributed by atoms with Crippen LogP contribution in [0.4, 0.5) is 0 Å². The minimum Gasteiger partial charge on any atom is -0.351 e. The van der Waals surface area contributed by atoms with Gasteiger partial charge in [0.25, 0.3) is 0 Å². The number of aromatic amines is 1. The molecule has 6 nitrogen and oxygen atoms in total. The van der Waals surface area contributed by atoms with Crippen molar-refractivity contribution in [2.75, 3.05) is 6.54 Å². The first-order chi connectivity index (χ1) is 11.5. The van der Waals surface area contributed by atoms with E-state index in [1.54, 1.807) is 4.90 Å². The van der Waals surface area contributed by atoms with Gasteiger partial charge in [0.05, 0.1) is 18.2 Å². The average molecular weight is 326 g/mol. The minimum absolute atomic E-state index is 0.0676. The van der Waals surface area contributed by atoms with Crippen LogP contribution in [0, 0.1) is 13.8 Å². The van der Waals surface area contributed by atoms with Crippen molar-refractivity contribution in [3.05, 3.63) is 52.8 Å². The van der Waals surface area contributed by atoms with Gasteiger partial charge in [-0.1, -0.05) is 30.3 Å². The van der Waals surface area contributed by atoms with E-state index in [9.17, 15) is 9.59 Å². The maximum Gasteiger partial charge on any atom is 0.225 e. The minimum atomic E-state index is -0.124. The van der Waals surface area contributed by atoms with E-state index in [2.05, 4.69) is 15.5 Å². The van der Waals surface area contributed by atoms with Crippen molar-refractivity contribution >= 4 is 11.8 Å². The molecular formula is C18H22N4O2. The Kier molecular flexibility index (Phi) is 4.64. The van der Waals surface area contributed by atoms with E-state index in [1.807, 2.05) is 44.2 Å². The number of hydrogen-bond acceptors (Lipinski definition) is 3. The summed E-state index contributed by atoms with van der Waals surface area (Å²) in [7, 11) is 0. The molecule has 24 heavy (non-hydrogen) atoms. The third-order valence-electron chi connectivity index (χ3n) is 4.41. The zero-order valence-electron chi connectivity index (χ0n) is 14.0. The van der Waals surface area contributed by atoms with Gasteiger partial charge in [-0.2, -0.15) is 5.10 Å². The van der Waals surface area contributed by atoms with Crippen LogP contribution < -0.4 is 5.32 Å². The first kappa shape index (κ1) is 16.2. The van der Waals surface area contributed by atoms with Crippen molar-refractivity contribution in [2.45, 2.75) is 39.3 Å². The number of carbonyl (C=O) groups excluding carboxylic acids is 2. The first-order valence-corrected chi connectivity index (χ1v) is 8.14. The molecule has 1 aromatic heterocycles. The summed E-state index contributed by atoms with van der Waals surface area (Å²) in [6.07, 6.45) is 0.652. The largest absolute Gasteiger partial charge is 0.351 e. The maximum atomic E-state index is 12.3. The first-order valence-electron chi connectivity index (χ1n) is 8.14. The van der Waals surface area contributed by atoms with Gasteiger partial charge < -0.3 is 10.2 Å². The van der Waals surface area contributed by atoms with E-state index in [4.69, 9.17) is 0 Å². The summed E-state index contributed by atoms with van der Waals surface area (Å²) in [6, 6.07) is 9.77. The molecule has 2 N–H and O–H groups in total. The van der Waals surface area contributed by atoms with Gasteiger partial charge in [-0.25, -0.2) is 0 Å². The van der Waals surface area contributed by atoms with Crippen molar-refractivity contribution < 1.29 is 9.59 Å². The monoisotopic (exact) mass is 326 g/mol. The third kappa shape index (κ3) is 3.64. The molecule has 1 aliphatic heterocycles. The number of H-pyrrole nitrogens is 1. The standard InChI is InChI=1S/C18H22N4O2/c1-12-16(13(2)21-20-12)9-17(23)19-15-8-18(24)22(11-15)10-14-6-4-3-5-7-14/h3-7,15H,8-11H2,1-2H3,(H,19,23)(H,20,21). The number of rotatable bonds is 5. The van der Waals surface area contributed by atoms with Crippen molar-refractivity contribution in [3.63, 3.8) is 0 Å². The van der Waals surface area contributed by atoms with Gasteiger partial charge in [-0.05, 0) is 19.4 Å². The zero-order valence-corrected chi connectivity index (χ0v) is 14.0. The van der Waals surface area contributed by atoms with E-state index < -0.39 is 0 Å². The fourth-order valence-corrected chi connectivity index (χ4v) is 3.10. The molecule has 1 saturated heterocycles. The molecule has 0 saturated carbocycles. The molecule has 1 unspecified atom stereocenters. The molecule has 2 heterocycles. The number of hydrogen-bond donors (Lipinski definition) is 2. The van der Waals surface area contributed by atoms with Gasteiger partial charge in [0, 0.05) is 30.8 Å². The molecule has 126 valence electrons. The number of benzene rings is 1. The number of likely N-dealkylation sites (tertiary alicyclic amines) is 1. The Morgan fingerprint density at radius 1 is 1.33 bits per heavy atom. The lowest BCUT2D eigenvalue weighted by Crippen LogP contribution is -2.38. The topological polar surface area (TPSA) is 78.1 Å². The molecule has 0 bridgehead atoms. The second kappa shape index (κ2) is 6.86. The Balaban J connectivity index is 1.55. The Morgan fingerprint density at radius 3 is 2.75 bits per heavy atom. The summed E-state index contributed by atoms with van der Waals surface area (Å²) in [5, 5.41) is 9.96. The lowest BCUT2D eigenvalue weighted by Gasteiger charge is -2.17. The molecule has 1 aliphatic rings. The maximum absolute atomic E-state index is 12.3. The molecule has 6 heteroatoms. The van der Waals surface area contributed by atoms with Crippen LogP contribution in [0.25, 0.3) is 0 Å². The van der Waals surface area contributed by atoms with E-state index >= 15 is 0 Å². The summed E-state index contributed by atoms with van der Waals surface area (Å²) in [5.41, 5.74) is 3.78. The molecule has 0 aliphatic carbocycles. The summed E-state index contributed by atoms with van der Waals surface area (Å²) >= 11 is 0. The molecular weight excluding hydrogens is 304 g/mol. The predicted octanol–water partition coefficient (Wildman–Crippen LogP) is 1.49. The Hall–Kier alpha value is -2.63. The van der Waals surface area contributed by atoms with E-state index in [0.29, 0.717) is 19.5 Å². The third-order valence-corrected chi connectivity index (χ3v) is 4.41. The van der Waals surface area contributed by atoms with Gasteiger partial charge in [0.2, 0.25) is 11.8 Å². The highest BCUT2D eigenvalue weighted by molar-refractivity contribution is 5.83. The van der Waals surface area contributed by atoms with Gasteiger partial charge in [0.1, 0.15) is 0 Å². The smallest absolute Gasteiger partial charge is 0.225 e. The fraction of sp³-hybridized carbons (Fsp3) is 0.389. The van der Waals surface area contributed by atoms with Crippen molar-refractivity contribution in [2.24, 2.45) is 0 Å². The lowest BCUT2D eigenvalue weighted by atomic mass is 10.1. The van der Waals surface area contributed by atoms with Crippen LogP contribution in [0.5, 0.6) is 0 Å². The van der Waals surface area contributed by atoms with Gasteiger partial charge in [0.15, 0.2) is 0 Å². The van der Waals surface area contributed by atoms with Crippen molar-refractivity contribution in [3.8, 4) is 0 Å². The lowest BCUT2D eigenvalue weighted by molar-refractivity contribution is -0.128. The summed E-state index contributed by atoms with van der Waals surface area (Å²) < 4.78 is 0. The second-order valence-electron chi connectivity index (χ2n) is 6.32. The van der Waals surface area contributed by atoms with Crippen molar-refractivity contribution in [1.29, 1.82) is 0 Å². The summed E-state index contributed by atoms with van der Waals surface area (Å²) in [6.45, 7) is 4.94. The van der Waals surface area contributed by atoms with Gasteiger partial charge in [-0.15, -0.1) is 0 Å². The van der Waals surface area contributed by atoms with Crippen LogP contribution >= 0.6 is 0 Å². The number of amides is 2. The molecule has 1 atom stereocenters. The molecule has 0 spiro atoms. The van der Waals surface area contributed by atoms with E-state index in [-0.39, 0.29) is 24.3 Å². The number of aromatic nitrogens is 2. The zero-order chi connectivity index (χ0) is 17.1. The van der Waals surface area contributed by atoms with Gasteiger partial charge >= 0.3 is 0 Å². The normalized spacial score (nSPS) is 17.3. The van der Waals surface area contributed by atoms with Crippen LogP contribution in [-0.2, 0) is 22.6 Å². The second-order valence-corrected chi connectivity index (χ2v) is 6.32. The van der Waals surface area contributed by atoms with Crippen molar-refractivity contribution in [1.82, 2.24) is 20.4 Å². The number of nitrogens with zero attached hydrogens (tertiary/aromatic N) is 2. The number of aryl methyl sites for hydroxylation is 2. The predicted molar refractivity (Wildman–Crippen MR) is 90.2 cm³/mol. The molecule has 0 radical (unpaired) electrons. The molecule has 3 rings (SSSR count). The quantitative estimate of drug-likeness (QED) is 0.874. The van der Waals surface area contributed by atoms with E-state index in [0.717, 1.165) is 22.5 Å². The van der Waals surface area contributed by atoms with Crippen LogP contribution in [0.1, 0.15) is 28.9 Å². The molecule has 2 amide bonds. The molecule has 1 fully saturated rings. The van der Waals surface area contributed by atoms with Crippen LogP contribution in [0.15, 0.2) is 30.3 Å². The number of carbonyl (C=O) groups is 2. The van der Waals surface area contributed by atoms with E-state index in [1.165, 1.54) is 0 Å². The fourth-order valence-electron chi connectivity index (χ4n) is 3.10. The Morgan fingerprint density at radius 2 is 2.08 bits per heavy atom. The summed E-state index contributed by atoms with van der Waals surface area (Å²) in [4.78, 5) is 26.2. The van der Waals surface area contributed by atoms with Crippen LogP contribution in [-0.4, -0.2) is 39.5 Å². The molecule has 2 aromatic rings.